The van der Waals surface area contributed by atoms with Gasteiger partial charge in [0.25, 0.3) is 0 Å². The minimum absolute atomic E-state index is 0.327. The number of benzene rings is 3. The quantitative estimate of drug-likeness (QED) is 0.456. The summed E-state index contributed by atoms with van der Waals surface area (Å²) in [4.78, 5) is 11.9. The van der Waals surface area contributed by atoms with Crippen LogP contribution in [0, 0.1) is 0 Å². The van der Waals surface area contributed by atoms with Gasteiger partial charge in [-0.2, -0.15) is 0 Å². The van der Waals surface area contributed by atoms with E-state index in [1.54, 1.807) is 13.2 Å². The Balaban J connectivity index is 1.84. The van der Waals surface area contributed by atoms with E-state index in [0.717, 1.165) is 33.5 Å². The number of nitrogens with zero attached hydrogens (tertiary/aromatic N) is 1. The third-order valence-corrected chi connectivity index (χ3v) is 4.87. The third-order valence-electron chi connectivity index (χ3n) is 4.87. The largest absolute Gasteiger partial charge is 0.497 e. The predicted molar refractivity (Wildman–Crippen MR) is 111 cm³/mol. The molecule has 4 nitrogen and oxygen atoms in total. The molecule has 3 aromatic carbocycles. The number of methoxy groups -OCH3 is 2. The van der Waals surface area contributed by atoms with Gasteiger partial charge in [0, 0.05) is 23.1 Å². The summed E-state index contributed by atoms with van der Waals surface area (Å²) in [6, 6.07) is 26.1. The predicted octanol–water partition coefficient (Wildman–Crippen LogP) is 5.15. The van der Waals surface area contributed by atoms with E-state index in [1.165, 1.54) is 7.11 Å². The average Bonchev–Trinajstić information content (AvgIpc) is 3.11. The van der Waals surface area contributed by atoms with Crippen molar-refractivity contribution in [3.8, 4) is 17.0 Å². The molecule has 28 heavy (non-hydrogen) atoms. The number of aromatic nitrogens is 1. The molecular formula is C24H21NO3. The van der Waals surface area contributed by atoms with Crippen LogP contribution in [0.1, 0.15) is 15.9 Å². The van der Waals surface area contributed by atoms with E-state index in [0.29, 0.717) is 12.1 Å². The summed E-state index contributed by atoms with van der Waals surface area (Å²) in [7, 11) is 3.07. The highest BCUT2D eigenvalue weighted by Crippen LogP contribution is 2.31. The highest BCUT2D eigenvalue weighted by molar-refractivity contribution is 5.90. The lowest BCUT2D eigenvalue weighted by Gasteiger charge is -2.12. The van der Waals surface area contributed by atoms with Crippen molar-refractivity contribution in [2.24, 2.45) is 0 Å². The molecule has 140 valence electrons. The summed E-state index contributed by atoms with van der Waals surface area (Å²) in [6.07, 6.45) is 0. The van der Waals surface area contributed by atoms with Crippen LogP contribution < -0.4 is 4.74 Å². The molecule has 0 N–H and O–H groups in total. The van der Waals surface area contributed by atoms with Gasteiger partial charge in [0.15, 0.2) is 0 Å². The zero-order chi connectivity index (χ0) is 19.5. The normalized spacial score (nSPS) is 10.8. The minimum atomic E-state index is -0.327. The Kier molecular flexibility index (Phi) is 4.85. The second-order valence-corrected chi connectivity index (χ2v) is 6.60. The average molecular weight is 371 g/mol. The molecule has 0 spiro atoms. The maximum Gasteiger partial charge on any atom is 0.337 e. The van der Waals surface area contributed by atoms with E-state index in [9.17, 15) is 4.79 Å². The minimum Gasteiger partial charge on any atom is -0.497 e. The molecule has 0 fully saturated rings. The highest BCUT2D eigenvalue weighted by atomic mass is 16.5. The fourth-order valence-electron chi connectivity index (χ4n) is 3.49. The van der Waals surface area contributed by atoms with Crippen LogP contribution in [-0.4, -0.2) is 24.8 Å². The van der Waals surface area contributed by atoms with Gasteiger partial charge in [-0.05, 0) is 47.5 Å². The van der Waals surface area contributed by atoms with Crippen LogP contribution in [0.2, 0.25) is 0 Å². The zero-order valence-corrected chi connectivity index (χ0v) is 15.9. The molecule has 0 amide bonds. The lowest BCUT2D eigenvalue weighted by Crippen LogP contribution is -2.05. The molecule has 1 heterocycles. The Morgan fingerprint density at radius 2 is 1.71 bits per heavy atom. The molecule has 0 saturated carbocycles. The number of hydrogen-bond acceptors (Lipinski definition) is 3. The summed E-state index contributed by atoms with van der Waals surface area (Å²) >= 11 is 0. The molecule has 0 aliphatic rings. The topological polar surface area (TPSA) is 40.5 Å². The van der Waals surface area contributed by atoms with Crippen LogP contribution in [0.3, 0.4) is 0 Å². The second kappa shape index (κ2) is 7.61. The Morgan fingerprint density at radius 3 is 2.46 bits per heavy atom. The van der Waals surface area contributed by atoms with Gasteiger partial charge >= 0.3 is 5.97 Å². The van der Waals surface area contributed by atoms with E-state index in [-0.39, 0.29) is 5.97 Å². The van der Waals surface area contributed by atoms with E-state index >= 15 is 0 Å². The Hall–Kier alpha value is -3.53. The fourth-order valence-corrected chi connectivity index (χ4v) is 3.49. The van der Waals surface area contributed by atoms with E-state index < -0.39 is 0 Å². The Bertz CT molecular complexity index is 1130. The van der Waals surface area contributed by atoms with E-state index in [2.05, 4.69) is 28.8 Å². The van der Waals surface area contributed by atoms with Crippen molar-refractivity contribution in [1.29, 1.82) is 0 Å². The number of ether oxygens (including phenoxy) is 2. The molecule has 0 bridgehead atoms. The smallest absolute Gasteiger partial charge is 0.337 e. The SMILES string of the molecule is COC(=O)c1cccc(Cn2c(-c3ccccc3)cc3cc(OC)ccc32)c1. The van der Waals surface area contributed by atoms with E-state index in [1.807, 2.05) is 48.5 Å². The van der Waals surface area contributed by atoms with Crippen LogP contribution >= 0.6 is 0 Å². The summed E-state index contributed by atoms with van der Waals surface area (Å²) < 4.78 is 12.5. The van der Waals surface area contributed by atoms with Crippen molar-refractivity contribution in [3.05, 3.63) is 90.0 Å². The standard InChI is InChI=1S/C24H21NO3/c1-27-21-11-12-22-20(14-21)15-23(18-8-4-3-5-9-18)25(22)16-17-7-6-10-19(13-17)24(26)28-2/h3-15H,16H2,1-2H3. The van der Waals surface area contributed by atoms with Crippen molar-refractivity contribution in [1.82, 2.24) is 4.57 Å². The maximum absolute atomic E-state index is 11.9. The first-order valence-electron chi connectivity index (χ1n) is 9.09. The molecule has 4 aromatic rings. The first-order chi connectivity index (χ1) is 13.7. The maximum atomic E-state index is 11.9. The number of carbonyl (C=O) groups excluding carboxylic acids is 1. The van der Waals surface area contributed by atoms with Gasteiger partial charge in [-0.1, -0.05) is 42.5 Å². The van der Waals surface area contributed by atoms with Gasteiger partial charge in [0.2, 0.25) is 0 Å². The van der Waals surface area contributed by atoms with Crippen LogP contribution in [-0.2, 0) is 11.3 Å². The molecule has 4 heteroatoms. The van der Waals surface area contributed by atoms with E-state index in [4.69, 9.17) is 9.47 Å². The van der Waals surface area contributed by atoms with Gasteiger partial charge in [0.1, 0.15) is 5.75 Å². The van der Waals surface area contributed by atoms with Crippen molar-refractivity contribution in [2.75, 3.05) is 14.2 Å². The Morgan fingerprint density at radius 1 is 0.893 bits per heavy atom. The molecule has 0 aliphatic heterocycles. The first kappa shape index (κ1) is 17.9. The number of carbonyl (C=O) groups is 1. The monoisotopic (exact) mass is 371 g/mol. The number of rotatable bonds is 5. The lowest BCUT2D eigenvalue weighted by atomic mass is 10.1. The van der Waals surface area contributed by atoms with Gasteiger partial charge in [-0.15, -0.1) is 0 Å². The highest BCUT2D eigenvalue weighted by Gasteiger charge is 2.13. The zero-order valence-electron chi connectivity index (χ0n) is 15.9. The van der Waals surface area contributed by atoms with Gasteiger partial charge in [0.05, 0.1) is 19.8 Å². The third kappa shape index (κ3) is 3.37. The van der Waals surface area contributed by atoms with Crippen molar-refractivity contribution >= 4 is 16.9 Å². The Labute approximate surface area is 163 Å². The van der Waals surface area contributed by atoms with Gasteiger partial charge in [-0.25, -0.2) is 4.79 Å². The number of fused-ring (bicyclic) bond motifs is 1. The summed E-state index contributed by atoms with van der Waals surface area (Å²) in [5.41, 5.74) is 4.96. The molecule has 0 aliphatic carbocycles. The second-order valence-electron chi connectivity index (χ2n) is 6.60. The van der Waals surface area contributed by atoms with Crippen molar-refractivity contribution in [3.63, 3.8) is 0 Å². The molecule has 0 unspecified atom stereocenters. The first-order valence-corrected chi connectivity index (χ1v) is 9.09. The van der Waals surface area contributed by atoms with Crippen LogP contribution in [0.15, 0.2) is 78.9 Å². The van der Waals surface area contributed by atoms with Crippen LogP contribution in [0.4, 0.5) is 0 Å². The fraction of sp³-hybridized carbons (Fsp3) is 0.125. The molecule has 0 radical (unpaired) electrons. The van der Waals surface area contributed by atoms with Crippen molar-refractivity contribution in [2.45, 2.75) is 6.54 Å². The molecule has 4 rings (SSSR count). The molecular weight excluding hydrogens is 350 g/mol. The number of esters is 1. The summed E-state index contributed by atoms with van der Waals surface area (Å²) in [6.45, 7) is 0.644. The lowest BCUT2D eigenvalue weighted by molar-refractivity contribution is 0.0600. The molecule has 1 aromatic heterocycles. The number of hydrogen-bond donors (Lipinski definition) is 0. The van der Waals surface area contributed by atoms with Gasteiger partial charge < -0.3 is 14.0 Å². The van der Waals surface area contributed by atoms with Crippen LogP contribution in [0.5, 0.6) is 5.75 Å². The summed E-state index contributed by atoms with van der Waals surface area (Å²) in [5.74, 6) is 0.504. The van der Waals surface area contributed by atoms with Gasteiger partial charge in [-0.3, -0.25) is 0 Å². The molecule has 0 atom stereocenters. The molecule has 0 saturated heterocycles. The van der Waals surface area contributed by atoms with Crippen molar-refractivity contribution < 1.29 is 14.3 Å². The summed E-state index contributed by atoms with van der Waals surface area (Å²) in [5, 5.41) is 1.11. The van der Waals surface area contributed by atoms with Crippen LogP contribution in [0.25, 0.3) is 22.2 Å².